The topological polar surface area (TPSA) is 47.6 Å². The molecule has 1 aliphatic heterocycles. The molecule has 21 heavy (non-hydrogen) atoms. The van der Waals surface area contributed by atoms with Crippen LogP contribution < -0.4 is 14.8 Å². The lowest BCUT2D eigenvalue weighted by atomic mass is 10.1. The highest BCUT2D eigenvalue weighted by molar-refractivity contribution is 5.82. The van der Waals surface area contributed by atoms with Gasteiger partial charge in [0.15, 0.2) is 11.5 Å². The minimum absolute atomic E-state index is 0.0699. The predicted molar refractivity (Wildman–Crippen MR) is 79.4 cm³/mol. The van der Waals surface area contributed by atoms with Crippen LogP contribution in [0.2, 0.25) is 0 Å². The van der Waals surface area contributed by atoms with E-state index in [2.05, 4.69) is 5.32 Å². The van der Waals surface area contributed by atoms with Crippen LogP contribution in [0.5, 0.6) is 11.5 Å². The van der Waals surface area contributed by atoms with Crippen LogP contribution in [0.3, 0.4) is 0 Å². The molecule has 1 aliphatic rings. The summed E-state index contributed by atoms with van der Waals surface area (Å²) in [5.41, 5.74) is 1.06. The number of hydrogen-bond acceptors (Lipinski definition) is 3. The van der Waals surface area contributed by atoms with Crippen molar-refractivity contribution in [3.8, 4) is 11.5 Å². The first-order valence-corrected chi connectivity index (χ1v) is 6.98. The third-order valence-electron chi connectivity index (χ3n) is 3.46. The smallest absolute Gasteiger partial charge is 0.265 e. The second kappa shape index (κ2) is 5.87. The molecule has 0 bridgehead atoms. The second-order valence-electron chi connectivity index (χ2n) is 5.01. The van der Waals surface area contributed by atoms with Crippen molar-refractivity contribution in [3.63, 3.8) is 0 Å². The number of amides is 1. The van der Waals surface area contributed by atoms with Gasteiger partial charge >= 0.3 is 0 Å². The number of hydrogen-bond donors (Lipinski definition) is 1. The summed E-state index contributed by atoms with van der Waals surface area (Å²) in [7, 11) is 0. The standard InChI is InChI=1S/C17H17NO3/c1-12(13-7-3-2-4-8-13)18-17(19)16-11-20-14-9-5-6-10-15(14)21-16/h2-10,12,16H,11H2,1H3,(H,18,19). The van der Waals surface area contributed by atoms with Crippen LogP contribution in [0.4, 0.5) is 0 Å². The molecular weight excluding hydrogens is 266 g/mol. The van der Waals surface area contributed by atoms with E-state index < -0.39 is 6.10 Å². The molecule has 0 radical (unpaired) electrons. The van der Waals surface area contributed by atoms with Gasteiger partial charge in [0.05, 0.1) is 6.04 Å². The summed E-state index contributed by atoms with van der Waals surface area (Å²) in [4.78, 5) is 12.3. The maximum atomic E-state index is 12.3. The lowest BCUT2D eigenvalue weighted by Crippen LogP contribution is -2.44. The molecule has 0 spiro atoms. The molecule has 1 N–H and O–H groups in total. The Morgan fingerprint density at radius 2 is 1.76 bits per heavy atom. The van der Waals surface area contributed by atoms with Crippen LogP contribution >= 0.6 is 0 Å². The number of fused-ring (bicyclic) bond motifs is 1. The Kier molecular flexibility index (Phi) is 3.77. The van der Waals surface area contributed by atoms with Crippen LogP contribution in [0.1, 0.15) is 18.5 Å². The highest BCUT2D eigenvalue weighted by Crippen LogP contribution is 2.31. The SMILES string of the molecule is CC(NC(=O)C1COc2ccccc2O1)c1ccccc1. The summed E-state index contributed by atoms with van der Waals surface area (Å²) >= 11 is 0. The van der Waals surface area contributed by atoms with Gasteiger partial charge in [0, 0.05) is 0 Å². The number of para-hydroxylation sites is 2. The first-order valence-electron chi connectivity index (χ1n) is 6.98. The Bertz CT molecular complexity index is 627. The third-order valence-corrected chi connectivity index (χ3v) is 3.46. The average molecular weight is 283 g/mol. The first-order chi connectivity index (χ1) is 10.2. The summed E-state index contributed by atoms with van der Waals surface area (Å²) < 4.78 is 11.3. The fraction of sp³-hybridized carbons (Fsp3) is 0.235. The van der Waals surface area contributed by atoms with E-state index in [-0.39, 0.29) is 18.6 Å². The lowest BCUT2D eigenvalue weighted by Gasteiger charge is -2.26. The first kappa shape index (κ1) is 13.5. The molecule has 0 aliphatic carbocycles. The van der Waals surface area contributed by atoms with Gasteiger partial charge in [-0.15, -0.1) is 0 Å². The summed E-state index contributed by atoms with van der Waals surface area (Å²) in [6.45, 7) is 2.18. The monoisotopic (exact) mass is 283 g/mol. The molecule has 2 unspecified atom stereocenters. The molecule has 4 heteroatoms. The molecule has 0 fully saturated rings. The number of nitrogens with one attached hydrogen (secondary N) is 1. The van der Waals surface area contributed by atoms with Gasteiger partial charge in [-0.25, -0.2) is 0 Å². The van der Waals surface area contributed by atoms with Gasteiger partial charge in [0.25, 0.3) is 5.91 Å². The van der Waals surface area contributed by atoms with Crippen LogP contribution in [-0.4, -0.2) is 18.6 Å². The van der Waals surface area contributed by atoms with Crippen molar-refractivity contribution >= 4 is 5.91 Å². The molecule has 2 atom stereocenters. The molecule has 0 aromatic heterocycles. The van der Waals surface area contributed by atoms with Crippen molar-refractivity contribution in [3.05, 3.63) is 60.2 Å². The average Bonchev–Trinajstić information content (AvgIpc) is 2.55. The summed E-state index contributed by atoms with van der Waals surface area (Å²) in [5.74, 6) is 1.12. The normalized spacial score (nSPS) is 17.9. The van der Waals surface area contributed by atoms with Gasteiger partial charge in [-0.3, -0.25) is 4.79 Å². The fourth-order valence-electron chi connectivity index (χ4n) is 2.28. The molecule has 2 aromatic rings. The van der Waals surface area contributed by atoms with Crippen LogP contribution in [0.15, 0.2) is 54.6 Å². The Balaban J connectivity index is 1.65. The quantitative estimate of drug-likeness (QED) is 0.942. The second-order valence-corrected chi connectivity index (χ2v) is 5.01. The van der Waals surface area contributed by atoms with Gasteiger partial charge in [0.1, 0.15) is 6.61 Å². The summed E-state index contributed by atoms with van der Waals surface area (Å²) in [5, 5.41) is 2.95. The van der Waals surface area contributed by atoms with Crippen molar-refractivity contribution in [2.45, 2.75) is 19.1 Å². The van der Waals surface area contributed by atoms with Crippen molar-refractivity contribution in [2.24, 2.45) is 0 Å². The van der Waals surface area contributed by atoms with Gasteiger partial charge in [-0.1, -0.05) is 42.5 Å². The Labute approximate surface area is 123 Å². The molecule has 4 nitrogen and oxygen atoms in total. The zero-order valence-corrected chi connectivity index (χ0v) is 11.8. The van der Waals surface area contributed by atoms with E-state index in [4.69, 9.17) is 9.47 Å². The van der Waals surface area contributed by atoms with Crippen LogP contribution in [0.25, 0.3) is 0 Å². The van der Waals surface area contributed by atoms with Crippen molar-refractivity contribution in [2.75, 3.05) is 6.61 Å². The number of carbonyl (C=O) groups is 1. The molecule has 3 rings (SSSR count). The largest absolute Gasteiger partial charge is 0.485 e. The fourth-order valence-corrected chi connectivity index (χ4v) is 2.28. The summed E-state index contributed by atoms with van der Waals surface area (Å²) in [6, 6.07) is 17.1. The molecular formula is C17H17NO3. The molecule has 1 heterocycles. The Morgan fingerprint density at radius 3 is 2.52 bits per heavy atom. The van der Waals surface area contributed by atoms with Crippen molar-refractivity contribution < 1.29 is 14.3 Å². The zero-order valence-electron chi connectivity index (χ0n) is 11.8. The van der Waals surface area contributed by atoms with Crippen molar-refractivity contribution in [1.82, 2.24) is 5.32 Å². The van der Waals surface area contributed by atoms with Gasteiger partial charge in [-0.05, 0) is 24.6 Å². The molecule has 0 saturated carbocycles. The summed E-state index contributed by atoms with van der Waals surface area (Å²) in [6.07, 6.45) is -0.619. The molecule has 0 saturated heterocycles. The van der Waals surface area contributed by atoms with Gasteiger partial charge in [-0.2, -0.15) is 0 Å². The number of carbonyl (C=O) groups excluding carboxylic acids is 1. The Hall–Kier alpha value is -2.49. The van der Waals surface area contributed by atoms with Crippen molar-refractivity contribution in [1.29, 1.82) is 0 Å². The molecule has 108 valence electrons. The number of rotatable bonds is 3. The minimum Gasteiger partial charge on any atom is -0.485 e. The van der Waals surface area contributed by atoms with Gasteiger partial charge in [0.2, 0.25) is 6.10 Å². The van der Waals surface area contributed by atoms with E-state index in [1.807, 2.05) is 55.5 Å². The lowest BCUT2D eigenvalue weighted by molar-refractivity contribution is -0.131. The zero-order chi connectivity index (χ0) is 14.7. The van der Waals surface area contributed by atoms with E-state index in [1.165, 1.54) is 0 Å². The van der Waals surface area contributed by atoms with Gasteiger partial charge < -0.3 is 14.8 Å². The predicted octanol–water partition coefficient (Wildman–Crippen LogP) is 2.70. The van der Waals surface area contributed by atoms with E-state index in [0.29, 0.717) is 11.5 Å². The van der Waals surface area contributed by atoms with E-state index in [1.54, 1.807) is 6.07 Å². The highest BCUT2D eigenvalue weighted by Gasteiger charge is 2.28. The molecule has 2 aromatic carbocycles. The highest BCUT2D eigenvalue weighted by atomic mass is 16.6. The Morgan fingerprint density at radius 1 is 1.10 bits per heavy atom. The number of ether oxygens (including phenoxy) is 2. The molecule has 1 amide bonds. The van der Waals surface area contributed by atoms with Crippen LogP contribution in [0, 0.1) is 0 Å². The maximum absolute atomic E-state index is 12.3. The van der Waals surface area contributed by atoms with Crippen LogP contribution in [-0.2, 0) is 4.79 Å². The van der Waals surface area contributed by atoms with E-state index in [9.17, 15) is 4.79 Å². The van der Waals surface area contributed by atoms with E-state index in [0.717, 1.165) is 5.56 Å². The minimum atomic E-state index is -0.619. The maximum Gasteiger partial charge on any atom is 0.265 e. The van der Waals surface area contributed by atoms with E-state index >= 15 is 0 Å². The third kappa shape index (κ3) is 2.99. The number of benzene rings is 2.